The molecule has 3 nitrogen and oxygen atoms in total. The molecule has 4 heteroatoms. The van der Waals surface area contributed by atoms with Crippen molar-refractivity contribution in [2.24, 2.45) is 0 Å². The van der Waals surface area contributed by atoms with Crippen molar-refractivity contribution in [3.8, 4) is 0 Å². The van der Waals surface area contributed by atoms with Crippen molar-refractivity contribution < 1.29 is 31.0 Å². The monoisotopic (exact) mass is 164 g/mol. The third-order valence-electron chi connectivity index (χ3n) is 1.48. The molecule has 1 aromatic rings. The number of nitrogens with zero attached hydrogens (tertiary/aromatic N) is 1. The topological polar surface area (TPSA) is 37.8 Å². The first-order chi connectivity index (χ1) is 4.61. The van der Waals surface area contributed by atoms with Crippen molar-refractivity contribution >= 4 is 0 Å². The van der Waals surface area contributed by atoms with Gasteiger partial charge >= 0.3 is 29.6 Å². The van der Waals surface area contributed by atoms with Gasteiger partial charge in [-0.15, -0.1) is 0 Å². The molecule has 0 atom stereocenters. The second kappa shape index (κ2) is 4.14. The van der Waals surface area contributed by atoms with Gasteiger partial charge in [0.15, 0.2) is 0 Å². The Morgan fingerprint density at radius 2 is 2.18 bits per heavy atom. The van der Waals surface area contributed by atoms with E-state index in [1.165, 1.54) is 0 Å². The molecule has 0 saturated heterocycles. The van der Waals surface area contributed by atoms with Gasteiger partial charge in [-0.2, -0.15) is 0 Å². The molecule has 0 radical (unpaired) electrons. The van der Waals surface area contributed by atoms with Crippen molar-refractivity contribution in [3.05, 3.63) is 22.1 Å². The number of aromatic nitrogens is 2. The summed E-state index contributed by atoms with van der Waals surface area (Å²) in [5, 5.41) is 2.70. The Balaban J connectivity index is 0. The number of nitrogens with one attached hydrogen (secondary N) is 1. The van der Waals surface area contributed by atoms with Crippen LogP contribution in [0.3, 0.4) is 0 Å². The molecular weight excluding hydrogens is 151 g/mol. The maximum atomic E-state index is 10.9. The van der Waals surface area contributed by atoms with Gasteiger partial charge in [0.05, 0.1) is 0 Å². The standard InChI is InChI=1S/C7H12N2O.Na.H/c1-5(2)9-4-6(3)7(10)8-9;;/h4-5H,1-3H3,(H,8,10);;/q;+1;-1. The van der Waals surface area contributed by atoms with Gasteiger partial charge in [-0.1, -0.05) is 0 Å². The average molecular weight is 164 g/mol. The first kappa shape index (κ1) is 11.0. The third kappa shape index (κ3) is 2.51. The molecule has 1 rings (SSSR count). The van der Waals surface area contributed by atoms with Crippen LogP contribution < -0.4 is 35.1 Å². The summed E-state index contributed by atoms with van der Waals surface area (Å²) in [6, 6.07) is 0.335. The van der Waals surface area contributed by atoms with Gasteiger partial charge in [0.25, 0.3) is 5.56 Å². The molecular formula is C7H13N2NaO. The summed E-state index contributed by atoms with van der Waals surface area (Å²) in [7, 11) is 0. The predicted octanol–water partition coefficient (Wildman–Crippen LogP) is -1.82. The van der Waals surface area contributed by atoms with E-state index in [4.69, 9.17) is 0 Å². The number of rotatable bonds is 1. The Hall–Kier alpha value is 0.0100. The molecule has 1 heterocycles. The molecule has 0 aliphatic heterocycles. The van der Waals surface area contributed by atoms with E-state index in [2.05, 4.69) is 5.10 Å². The molecule has 1 N–H and O–H groups in total. The van der Waals surface area contributed by atoms with E-state index in [1.807, 2.05) is 20.0 Å². The maximum absolute atomic E-state index is 10.9. The van der Waals surface area contributed by atoms with Crippen LogP contribution in [0.4, 0.5) is 0 Å². The molecule has 1 aromatic heterocycles. The summed E-state index contributed by atoms with van der Waals surface area (Å²) in [6.07, 6.45) is 1.83. The number of aryl methyl sites for hydroxylation is 1. The zero-order valence-electron chi connectivity index (χ0n) is 8.51. The zero-order valence-corrected chi connectivity index (χ0v) is 9.51. The molecule has 58 valence electrons. The number of hydrogen-bond acceptors (Lipinski definition) is 1. The van der Waals surface area contributed by atoms with Crippen LogP contribution in [0.25, 0.3) is 0 Å². The maximum Gasteiger partial charge on any atom is 1.00 e. The van der Waals surface area contributed by atoms with E-state index in [9.17, 15) is 4.79 Å². The fourth-order valence-corrected chi connectivity index (χ4v) is 0.783. The van der Waals surface area contributed by atoms with Crippen molar-refractivity contribution in [1.82, 2.24) is 9.78 Å². The van der Waals surface area contributed by atoms with Gasteiger partial charge in [-0.3, -0.25) is 14.6 Å². The minimum absolute atomic E-state index is 0. The fraction of sp³-hybridized carbons (Fsp3) is 0.571. The van der Waals surface area contributed by atoms with Crippen molar-refractivity contribution in [2.45, 2.75) is 26.8 Å². The normalized spacial score (nSPS) is 9.82. The minimum Gasteiger partial charge on any atom is -1.00 e. The quantitative estimate of drug-likeness (QED) is 0.488. The first-order valence-electron chi connectivity index (χ1n) is 3.39. The molecule has 0 aliphatic rings. The second-order valence-electron chi connectivity index (χ2n) is 2.75. The first-order valence-corrected chi connectivity index (χ1v) is 3.39. The summed E-state index contributed by atoms with van der Waals surface area (Å²) in [5.41, 5.74) is 0.780. The Morgan fingerprint density at radius 3 is 2.36 bits per heavy atom. The van der Waals surface area contributed by atoms with Crippen molar-refractivity contribution in [3.63, 3.8) is 0 Å². The van der Waals surface area contributed by atoms with E-state index in [0.29, 0.717) is 6.04 Å². The predicted molar refractivity (Wildman–Crippen MR) is 41.3 cm³/mol. The van der Waals surface area contributed by atoms with E-state index in [0.717, 1.165) is 5.56 Å². The molecule has 0 unspecified atom stereocenters. The van der Waals surface area contributed by atoms with E-state index < -0.39 is 0 Å². The number of H-pyrrole nitrogens is 1. The van der Waals surface area contributed by atoms with Crippen LogP contribution in [0, 0.1) is 6.92 Å². The minimum atomic E-state index is 0. The van der Waals surface area contributed by atoms with Gasteiger partial charge in [-0.05, 0) is 20.8 Å². The van der Waals surface area contributed by atoms with Gasteiger partial charge in [0, 0.05) is 17.8 Å². The van der Waals surface area contributed by atoms with Gasteiger partial charge in [-0.25, -0.2) is 0 Å². The van der Waals surface area contributed by atoms with Gasteiger partial charge in [0.2, 0.25) is 0 Å². The summed E-state index contributed by atoms with van der Waals surface area (Å²) in [5.74, 6) is 0. The SMILES string of the molecule is Cc1cn(C(C)C)[nH]c1=O.[H-].[Na+]. The summed E-state index contributed by atoms with van der Waals surface area (Å²) >= 11 is 0. The largest absolute Gasteiger partial charge is 1.00 e. The smallest absolute Gasteiger partial charge is 1.00 e. The van der Waals surface area contributed by atoms with E-state index >= 15 is 0 Å². The van der Waals surface area contributed by atoms with E-state index in [-0.39, 0.29) is 36.5 Å². The van der Waals surface area contributed by atoms with E-state index in [1.54, 1.807) is 11.6 Å². The number of hydrogen-bond donors (Lipinski definition) is 1. The average Bonchev–Trinajstić information content (AvgIpc) is 2.13. The molecule has 0 bridgehead atoms. The molecule has 0 spiro atoms. The summed E-state index contributed by atoms with van der Waals surface area (Å²) < 4.78 is 1.80. The molecule has 0 aliphatic carbocycles. The van der Waals surface area contributed by atoms with Crippen LogP contribution in [0.1, 0.15) is 26.9 Å². The molecule has 0 aromatic carbocycles. The Bertz CT molecular complexity index is 279. The van der Waals surface area contributed by atoms with Crippen LogP contribution in [0.15, 0.2) is 11.0 Å². The Kier molecular flexibility index (Phi) is 4.14. The molecule has 0 fully saturated rings. The van der Waals surface area contributed by atoms with Gasteiger partial charge < -0.3 is 1.43 Å². The van der Waals surface area contributed by atoms with Crippen LogP contribution in [0.5, 0.6) is 0 Å². The molecule has 0 amide bonds. The van der Waals surface area contributed by atoms with Crippen molar-refractivity contribution in [2.75, 3.05) is 0 Å². The summed E-state index contributed by atoms with van der Waals surface area (Å²) in [6.45, 7) is 5.85. The zero-order chi connectivity index (χ0) is 7.72. The van der Waals surface area contributed by atoms with Crippen LogP contribution in [-0.4, -0.2) is 9.78 Å². The van der Waals surface area contributed by atoms with Crippen LogP contribution in [0.2, 0.25) is 0 Å². The van der Waals surface area contributed by atoms with Crippen molar-refractivity contribution in [1.29, 1.82) is 0 Å². The Labute approximate surface area is 89.6 Å². The number of aromatic amines is 1. The third-order valence-corrected chi connectivity index (χ3v) is 1.48. The fourth-order valence-electron chi connectivity index (χ4n) is 0.783. The van der Waals surface area contributed by atoms with Crippen LogP contribution >= 0.6 is 0 Å². The molecule has 0 saturated carbocycles. The second-order valence-corrected chi connectivity index (χ2v) is 2.75. The summed E-state index contributed by atoms with van der Waals surface area (Å²) in [4.78, 5) is 10.9. The van der Waals surface area contributed by atoms with Crippen LogP contribution in [-0.2, 0) is 0 Å². The molecule has 11 heavy (non-hydrogen) atoms. The Morgan fingerprint density at radius 1 is 1.64 bits per heavy atom. The van der Waals surface area contributed by atoms with Gasteiger partial charge in [0.1, 0.15) is 0 Å².